The number of nitrogens with two attached hydrogens (primary N) is 1. The number of anilines is 2. The van der Waals surface area contributed by atoms with Gasteiger partial charge in [-0.25, -0.2) is 4.98 Å². The summed E-state index contributed by atoms with van der Waals surface area (Å²) in [7, 11) is 0. The lowest BCUT2D eigenvalue weighted by atomic mass is 10.2. The predicted molar refractivity (Wildman–Crippen MR) is 71.7 cm³/mol. The first-order chi connectivity index (χ1) is 8.58. The van der Waals surface area contributed by atoms with Crippen molar-refractivity contribution in [1.29, 1.82) is 0 Å². The minimum atomic E-state index is -0.482. The van der Waals surface area contributed by atoms with E-state index in [-0.39, 0.29) is 11.4 Å². The smallest absolute Gasteiger partial charge is 0.314 e. The van der Waals surface area contributed by atoms with E-state index in [1.807, 2.05) is 12.3 Å². The first-order valence-electron chi connectivity index (χ1n) is 5.25. The second-order valence-electron chi connectivity index (χ2n) is 3.71. The van der Waals surface area contributed by atoms with E-state index in [9.17, 15) is 10.1 Å². The lowest BCUT2D eigenvalue weighted by Crippen LogP contribution is -2.05. The van der Waals surface area contributed by atoms with E-state index in [0.717, 1.165) is 10.7 Å². The van der Waals surface area contributed by atoms with Crippen LogP contribution in [0, 0.1) is 17.0 Å². The molecule has 1 aromatic heterocycles. The molecule has 94 valence electrons. The monoisotopic (exact) mass is 264 g/mol. The Morgan fingerprint density at radius 3 is 2.94 bits per heavy atom. The standard InChI is InChI=1S/C11H12N4O2S/c1-7-14-8(6-18-7)5-13-10-4-2-3-9(12)11(10)15(16)17/h2-4,6,13H,5,12H2,1H3. The first-order valence-corrected chi connectivity index (χ1v) is 6.13. The van der Waals surface area contributed by atoms with Gasteiger partial charge in [-0.2, -0.15) is 0 Å². The zero-order valence-corrected chi connectivity index (χ0v) is 10.5. The van der Waals surface area contributed by atoms with Gasteiger partial charge in [-0.3, -0.25) is 10.1 Å². The van der Waals surface area contributed by atoms with Crippen molar-refractivity contribution in [2.75, 3.05) is 11.1 Å². The Balaban J connectivity index is 2.19. The van der Waals surface area contributed by atoms with Crippen LogP contribution in [0.25, 0.3) is 0 Å². The lowest BCUT2D eigenvalue weighted by Gasteiger charge is -2.06. The van der Waals surface area contributed by atoms with Gasteiger partial charge < -0.3 is 11.1 Å². The maximum Gasteiger partial charge on any atom is 0.314 e. The number of nitrogens with one attached hydrogen (secondary N) is 1. The minimum absolute atomic E-state index is 0.0931. The van der Waals surface area contributed by atoms with Crippen molar-refractivity contribution in [2.24, 2.45) is 0 Å². The fourth-order valence-electron chi connectivity index (χ4n) is 1.58. The molecule has 1 heterocycles. The average Bonchev–Trinajstić information content (AvgIpc) is 2.72. The first kappa shape index (κ1) is 12.3. The molecule has 1 aromatic carbocycles. The second kappa shape index (κ2) is 5.01. The van der Waals surface area contributed by atoms with Gasteiger partial charge >= 0.3 is 5.69 Å². The Morgan fingerprint density at radius 1 is 1.56 bits per heavy atom. The molecule has 7 heteroatoms. The second-order valence-corrected chi connectivity index (χ2v) is 4.77. The van der Waals surface area contributed by atoms with Gasteiger partial charge in [0, 0.05) is 5.38 Å². The van der Waals surface area contributed by atoms with Gasteiger partial charge in [0.1, 0.15) is 11.4 Å². The van der Waals surface area contributed by atoms with E-state index >= 15 is 0 Å². The largest absolute Gasteiger partial charge is 0.393 e. The van der Waals surface area contributed by atoms with Crippen molar-refractivity contribution in [3.05, 3.63) is 44.4 Å². The predicted octanol–water partition coefficient (Wildman–Crippen LogP) is 2.55. The van der Waals surface area contributed by atoms with Crippen LogP contribution in [-0.2, 0) is 6.54 Å². The number of aromatic nitrogens is 1. The molecule has 2 rings (SSSR count). The number of nitro groups is 1. The Bertz CT molecular complexity index is 582. The Labute approximate surface area is 108 Å². The van der Waals surface area contributed by atoms with E-state index in [2.05, 4.69) is 10.3 Å². The number of nitrogens with zero attached hydrogens (tertiary/aromatic N) is 2. The van der Waals surface area contributed by atoms with Crippen LogP contribution in [0.5, 0.6) is 0 Å². The van der Waals surface area contributed by atoms with Gasteiger partial charge in [0.05, 0.1) is 22.2 Å². The quantitative estimate of drug-likeness (QED) is 0.502. The number of benzene rings is 1. The van der Waals surface area contributed by atoms with E-state index in [0.29, 0.717) is 12.2 Å². The lowest BCUT2D eigenvalue weighted by molar-refractivity contribution is -0.383. The van der Waals surface area contributed by atoms with Crippen LogP contribution in [0.15, 0.2) is 23.6 Å². The summed E-state index contributed by atoms with van der Waals surface area (Å²) < 4.78 is 0. The Hall–Kier alpha value is -2.15. The zero-order chi connectivity index (χ0) is 13.1. The summed E-state index contributed by atoms with van der Waals surface area (Å²) in [6.45, 7) is 2.35. The highest BCUT2D eigenvalue weighted by molar-refractivity contribution is 7.09. The normalized spacial score (nSPS) is 10.3. The van der Waals surface area contributed by atoms with Crippen LogP contribution < -0.4 is 11.1 Å². The summed E-state index contributed by atoms with van der Waals surface area (Å²) in [5, 5.41) is 16.8. The minimum Gasteiger partial charge on any atom is -0.393 e. The molecule has 2 aromatic rings. The number of rotatable bonds is 4. The molecule has 0 saturated heterocycles. The highest BCUT2D eigenvalue weighted by Gasteiger charge is 2.17. The molecule has 0 bridgehead atoms. The van der Waals surface area contributed by atoms with Crippen molar-refractivity contribution in [3.8, 4) is 0 Å². The molecule has 0 spiro atoms. The van der Waals surface area contributed by atoms with Crippen molar-refractivity contribution in [2.45, 2.75) is 13.5 Å². The molecule has 0 atom stereocenters. The maximum absolute atomic E-state index is 10.9. The fraction of sp³-hybridized carbons (Fsp3) is 0.182. The van der Waals surface area contributed by atoms with Gasteiger partial charge in [-0.15, -0.1) is 11.3 Å². The van der Waals surface area contributed by atoms with Crippen molar-refractivity contribution < 1.29 is 4.92 Å². The van der Waals surface area contributed by atoms with Gasteiger partial charge in [-0.05, 0) is 19.1 Å². The molecule has 0 saturated carbocycles. The SMILES string of the molecule is Cc1nc(CNc2cccc(N)c2[N+](=O)[O-])cs1. The van der Waals surface area contributed by atoms with Gasteiger partial charge in [0.25, 0.3) is 0 Å². The molecular weight excluding hydrogens is 252 g/mol. The maximum atomic E-state index is 10.9. The third-order valence-electron chi connectivity index (χ3n) is 2.38. The van der Waals surface area contributed by atoms with Gasteiger partial charge in [-0.1, -0.05) is 6.07 Å². The molecule has 0 aliphatic rings. The number of thiazole rings is 1. The third kappa shape index (κ3) is 2.57. The van der Waals surface area contributed by atoms with Crippen molar-refractivity contribution >= 4 is 28.4 Å². The van der Waals surface area contributed by atoms with Crippen LogP contribution >= 0.6 is 11.3 Å². The zero-order valence-electron chi connectivity index (χ0n) is 9.71. The van der Waals surface area contributed by atoms with E-state index in [1.165, 1.54) is 6.07 Å². The molecule has 18 heavy (non-hydrogen) atoms. The van der Waals surface area contributed by atoms with Crippen LogP contribution in [-0.4, -0.2) is 9.91 Å². The molecule has 0 fully saturated rings. The molecule has 0 aliphatic carbocycles. The molecular formula is C11H12N4O2S. The number of nitro benzene ring substituents is 1. The summed E-state index contributed by atoms with van der Waals surface area (Å²) in [5.41, 5.74) is 6.92. The summed E-state index contributed by atoms with van der Waals surface area (Å²) in [6, 6.07) is 4.82. The van der Waals surface area contributed by atoms with Crippen molar-refractivity contribution in [3.63, 3.8) is 0 Å². The molecule has 3 N–H and O–H groups in total. The van der Waals surface area contributed by atoms with Crippen LogP contribution in [0.3, 0.4) is 0 Å². The number of nitrogen functional groups attached to an aromatic ring is 1. The van der Waals surface area contributed by atoms with Crippen molar-refractivity contribution in [1.82, 2.24) is 4.98 Å². The van der Waals surface area contributed by atoms with Crippen LogP contribution in [0.4, 0.5) is 17.1 Å². The number of aryl methyl sites for hydroxylation is 1. The molecule has 0 aliphatic heterocycles. The fourth-order valence-corrected chi connectivity index (χ4v) is 2.20. The molecule has 0 amide bonds. The average molecular weight is 264 g/mol. The highest BCUT2D eigenvalue weighted by atomic mass is 32.1. The summed E-state index contributed by atoms with van der Waals surface area (Å²) in [5.74, 6) is 0. The molecule has 0 unspecified atom stereocenters. The summed E-state index contributed by atoms with van der Waals surface area (Å²) in [6.07, 6.45) is 0. The summed E-state index contributed by atoms with van der Waals surface area (Å²) >= 11 is 1.54. The van der Waals surface area contributed by atoms with Gasteiger partial charge in [0.2, 0.25) is 0 Å². The van der Waals surface area contributed by atoms with E-state index in [1.54, 1.807) is 23.5 Å². The third-order valence-corrected chi connectivity index (χ3v) is 3.20. The van der Waals surface area contributed by atoms with Gasteiger partial charge in [0.15, 0.2) is 0 Å². The number of hydrogen-bond donors (Lipinski definition) is 2. The van der Waals surface area contributed by atoms with Crippen LogP contribution in [0.2, 0.25) is 0 Å². The number of hydrogen-bond acceptors (Lipinski definition) is 6. The molecule has 0 radical (unpaired) electrons. The Morgan fingerprint density at radius 2 is 2.33 bits per heavy atom. The summed E-state index contributed by atoms with van der Waals surface area (Å²) in [4.78, 5) is 14.7. The van der Waals surface area contributed by atoms with E-state index < -0.39 is 4.92 Å². The Kier molecular flexibility index (Phi) is 3.42. The molecule has 6 nitrogen and oxygen atoms in total. The van der Waals surface area contributed by atoms with E-state index in [4.69, 9.17) is 5.73 Å². The highest BCUT2D eigenvalue weighted by Crippen LogP contribution is 2.30. The van der Waals surface area contributed by atoms with Crippen LogP contribution in [0.1, 0.15) is 10.7 Å². The topological polar surface area (TPSA) is 94.1 Å². The number of para-hydroxylation sites is 1.